The smallest absolute Gasteiger partial charge is 0.123 e. The fraction of sp³-hybridized carbons (Fsp3) is 0.200. The Hall–Kier alpha value is -1.48. The summed E-state index contributed by atoms with van der Waals surface area (Å²) in [6.45, 7) is 2.85. The van der Waals surface area contributed by atoms with Crippen LogP contribution in [-0.2, 0) is 6.54 Å². The molecule has 2 nitrogen and oxygen atoms in total. The van der Waals surface area contributed by atoms with Crippen molar-refractivity contribution in [1.29, 1.82) is 0 Å². The summed E-state index contributed by atoms with van der Waals surface area (Å²) in [6.07, 6.45) is 0. The lowest BCUT2D eigenvalue weighted by atomic mass is 10.1. The average molecular weight is 306 g/mol. The van der Waals surface area contributed by atoms with Crippen molar-refractivity contribution >= 4 is 21.6 Å². The van der Waals surface area contributed by atoms with Crippen LogP contribution in [0.25, 0.3) is 0 Å². The van der Waals surface area contributed by atoms with Crippen LogP contribution in [0.15, 0.2) is 46.9 Å². The monoisotopic (exact) mass is 305 g/mol. The van der Waals surface area contributed by atoms with Crippen molar-refractivity contribution in [2.24, 2.45) is 0 Å². The minimum absolute atomic E-state index is 0.751. The maximum Gasteiger partial charge on any atom is 0.123 e. The van der Waals surface area contributed by atoms with Crippen LogP contribution in [0.1, 0.15) is 11.1 Å². The van der Waals surface area contributed by atoms with Crippen LogP contribution >= 0.6 is 15.9 Å². The maximum atomic E-state index is 5.34. The standard InChI is InChI=1S/C15H16BrNO/c1-11-7-8-13(16)9-14(11)17-10-12-5-3-4-6-15(12)18-2/h3-9,17H,10H2,1-2H3. The van der Waals surface area contributed by atoms with Gasteiger partial charge in [0.25, 0.3) is 0 Å². The van der Waals surface area contributed by atoms with Gasteiger partial charge in [0.05, 0.1) is 7.11 Å². The number of hydrogen-bond donors (Lipinski definition) is 1. The van der Waals surface area contributed by atoms with E-state index in [4.69, 9.17) is 4.74 Å². The summed E-state index contributed by atoms with van der Waals surface area (Å²) in [5.41, 5.74) is 3.52. The minimum atomic E-state index is 0.751. The molecule has 0 bridgehead atoms. The molecule has 0 fully saturated rings. The first-order valence-electron chi connectivity index (χ1n) is 5.82. The van der Waals surface area contributed by atoms with Gasteiger partial charge >= 0.3 is 0 Å². The second kappa shape index (κ2) is 5.91. The van der Waals surface area contributed by atoms with Gasteiger partial charge in [-0.1, -0.05) is 40.2 Å². The quantitative estimate of drug-likeness (QED) is 0.905. The Morgan fingerprint density at radius 2 is 1.94 bits per heavy atom. The molecule has 3 heteroatoms. The van der Waals surface area contributed by atoms with Gasteiger partial charge in [-0.25, -0.2) is 0 Å². The fourth-order valence-electron chi connectivity index (χ4n) is 1.82. The first kappa shape index (κ1) is 13.0. The van der Waals surface area contributed by atoms with E-state index in [1.165, 1.54) is 5.56 Å². The number of rotatable bonds is 4. The summed E-state index contributed by atoms with van der Waals surface area (Å²) >= 11 is 3.49. The zero-order chi connectivity index (χ0) is 13.0. The van der Waals surface area contributed by atoms with Gasteiger partial charge in [-0.2, -0.15) is 0 Å². The molecule has 0 aliphatic carbocycles. The number of para-hydroxylation sites is 1. The number of halogens is 1. The molecule has 0 heterocycles. The highest BCUT2D eigenvalue weighted by Gasteiger charge is 2.03. The molecule has 0 atom stereocenters. The molecule has 2 aromatic rings. The second-order valence-electron chi connectivity index (χ2n) is 4.12. The van der Waals surface area contributed by atoms with Gasteiger partial charge in [-0.05, 0) is 30.7 Å². The molecule has 0 saturated carbocycles. The fourth-order valence-corrected chi connectivity index (χ4v) is 2.19. The van der Waals surface area contributed by atoms with E-state index in [1.807, 2.05) is 24.3 Å². The molecule has 0 amide bonds. The Morgan fingerprint density at radius 1 is 1.17 bits per heavy atom. The molecule has 0 saturated heterocycles. The van der Waals surface area contributed by atoms with Crippen molar-refractivity contribution < 1.29 is 4.74 Å². The van der Waals surface area contributed by atoms with Crippen molar-refractivity contribution in [2.45, 2.75) is 13.5 Å². The number of methoxy groups -OCH3 is 1. The van der Waals surface area contributed by atoms with Crippen molar-refractivity contribution in [3.8, 4) is 5.75 Å². The van der Waals surface area contributed by atoms with Gasteiger partial charge in [-0.3, -0.25) is 0 Å². The van der Waals surface area contributed by atoms with E-state index >= 15 is 0 Å². The Labute approximate surface area is 116 Å². The Kier molecular flexibility index (Phi) is 4.26. The van der Waals surface area contributed by atoms with Crippen LogP contribution in [0.2, 0.25) is 0 Å². The number of anilines is 1. The van der Waals surface area contributed by atoms with Crippen LogP contribution in [0, 0.1) is 6.92 Å². The third-order valence-electron chi connectivity index (χ3n) is 2.86. The summed E-state index contributed by atoms with van der Waals surface area (Å²) in [5, 5.41) is 3.43. The zero-order valence-corrected chi connectivity index (χ0v) is 12.1. The molecule has 18 heavy (non-hydrogen) atoms. The summed E-state index contributed by atoms with van der Waals surface area (Å²) in [6, 6.07) is 14.3. The van der Waals surface area contributed by atoms with Crippen molar-refractivity contribution in [3.05, 3.63) is 58.1 Å². The third-order valence-corrected chi connectivity index (χ3v) is 3.35. The largest absolute Gasteiger partial charge is 0.496 e. The van der Waals surface area contributed by atoms with Crippen LogP contribution in [0.5, 0.6) is 5.75 Å². The predicted octanol–water partition coefficient (Wildman–Crippen LogP) is 4.38. The highest BCUT2D eigenvalue weighted by molar-refractivity contribution is 9.10. The summed E-state index contributed by atoms with van der Waals surface area (Å²) in [4.78, 5) is 0. The van der Waals surface area contributed by atoms with E-state index in [-0.39, 0.29) is 0 Å². The maximum absolute atomic E-state index is 5.34. The van der Waals surface area contributed by atoms with Gasteiger partial charge in [0.2, 0.25) is 0 Å². The molecule has 2 rings (SSSR count). The topological polar surface area (TPSA) is 21.3 Å². The lowest BCUT2D eigenvalue weighted by molar-refractivity contribution is 0.410. The van der Waals surface area contributed by atoms with Crippen molar-refractivity contribution in [1.82, 2.24) is 0 Å². The number of ether oxygens (including phenoxy) is 1. The average Bonchev–Trinajstić information content (AvgIpc) is 2.40. The number of benzene rings is 2. The van der Waals surface area contributed by atoms with Gasteiger partial charge in [-0.15, -0.1) is 0 Å². The molecule has 0 aliphatic rings. The van der Waals surface area contributed by atoms with Gasteiger partial charge in [0, 0.05) is 22.3 Å². The molecule has 0 unspecified atom stereocenters. The number of hydrogen-bond acceptors (Lipinski definition) is 2. The molecule has 94 valence electrons. The second-order valence-corrected chi connectivity index (χ2v) is 5.04. The van der Waals surface area contributed by atoms with Crippen molar-refractivity contribution in [3.63, 3.8) is 0 Å². The van der Waals surface area contributed by atoms with Crippen LogP contribution in [0.4, 0.5) is 5.69 Å². The van der Waals surface area contributed by atoms with E-state index < -0.39 is 0 Å². The Bertz CT molecular complexity index is 540. The van der Waals surface area contributed by atoms with E-state index in [0.717, 1.165) is 28.0 Å². The van der Waals surface area contributed by atoms with Gasteiger partial charge in [0.15, 0.2) is 0 Å². The van der Waals surface area contributed by atoms with Crippen LogP contribution < -0.4 is 10.1 Å². The van der Waals surface area contributed by atoms with Gasteiger partial charge < -0.3 is 10.1 Å². The normalized spacial score (nSPS) is 10.2. The molecular formula is C15H16BrNO. The molecule has 2 aromatic carbocycles. The predicted molar refractivity (Wildman–Crippen MR) is 79.2 cm³/mol. The number of aryl methyl sites for hydroxylation is 1. The number of nitrogens with one attached hydrogen (secondary N) is 1. The molecular weight excluding hydrogens is 290 g/mol. The minimum Gasteiger partial charge on any atom is -0.496 e. The molecule has 0 spiro atoms. The molecule has 1 N–H and O–H groups in total. The summed E-state index contributed by atoms with van der Waals surface area (Å²) in [5.74, 6) is 0.914. The highest BCUT2D eigenvalue weighted by atomic mass is 79.9. The summed E-state index contributed by atoms with van der Waals surface area (Å²) in [7, 11) is 1.70. The van der Waals surface area contributed by atoms with E-state index in [0.29, 0.717) is 0 Å². The van der Waals surface area contributed by atoms with E-state index in [9.17, 15) is 0 Å². The SMILES string of the molecule is COc1ccccc1CNc1cc(Br)ccc1C. The zero-order valence-electron chi connectivity index (χ0n) is 10.5. The van der Waals surface area contributed by atoms with Crippen LogP contribution in [-0.4, -0.2) is 7.11 Å². The lowest BCUT2D eigenvalue weighted by Crippen LogP contribution is -2.02. The summed E-state index contributed by atoms with van der Waals surface area (Å²) < 4.78 is 6.42. The van der Waals surface area contributed by atoms with Crippen LogP contribution in [0.3, 0.4) is 0 Å². The molecule has 0 radical (unpaired) electrons. The highest BCUT2D eigenvalue weighted by Crippen LogP contribution is 2.23. The third kappa shape index (κ3) is 3.05. The molecule has 0 aliphatic heterocycles. The van der Waals surface area contributed by atoms with Crippen molar-refractivity contribution in [2.75, 3.05) is 12.4 Å². The first-order chi connectivity index (χ1) is 8.70. The van der Waals surface area contributed by atoms with Gasteiger partial charge in [0.1, 0.15) is 5.75 Å². The lowest BCUT2D eigenvalue weighted by Gasteiger charge is -2.12. The Morgan fingerprint density at radius 3 is 2.72 bits per heavy atom. The van der Waals surface area contributed by atoms with E-state index in [1.54, 1.807) is 7.11 Å². The Balaban J connectivity index is 2.14. The van der Waals surface area contributed by atoms with E-state index in [2.05, 4.69) is 46.4 Å². The first-order valence-corrected chi connectivity index (χ1v) is 6.62. The molecule has 0 aromatic heterocycles.